The number of amides is 1. The second-order valence-corrected chi connectivity index (χ2v) is 7.26. The molecule has 0 aromatic heterocycles. The highest BCUT2D eigenvalue weighted by Crippen LogP contribution is 2.31. The van der Waals surface area contributed by atoms with Gasteiger partial charge in [0.05, 0.1) is 6.10 Å². The number of hydrogen-bond acceptors (Lipinski definition) is 3. The van der Waals surface area contributed by atoms with Crippen molar-refractivity contribution < 1.29 is 14.6 Å². The minimum Gasteiger partial charge on any atom is -0.444 e. The van der Waals surface area contributed by atoms with Crippen LogP contribution < -0.4 is 0 Å². The molecule has 1 heterocycles. The van der Waals surface area contributed by atoms with Crippen LogP contribution in [0.3, 0.4) is 0 Å². The molecule has 4 nitrogen and oxygen atoms in total. The van der Waals surface area contributed by atoms with E-state index in [1.165, 1.54) is 0 Å². The largest absolute Gasteiger partial charge is 0.444 e. The Labute approximate surface area is 137 Å². The topological polar surface area (TPSA) is 49.8 Å². The van der Waals surface area contributed by atoms with Crippen LogP contribution in [0.15, 0.2) is 24.3 Å². The summed E-state index contributed by atoms with van der Waals surface area (Å²) in [5.41, 5.74) is 0.291. The average Bonchev–Trinajstić information content (AvgIpc) is 2.45. The van der Waals surface area contributed by atoms with Crippen LogP contribution in [0.1, 0.15) is 45.3 Å². The molecule has 2 unspecified atom stereocenters. The average molecular weight is 326 g/mol. The van der Waals surface area contributed by atoms with Crippen LogP contribution in [-0.2, 0) is 4.74 Å². The number of halogens is 1. The molecule has 1 aromatic rings. The predicted octanol–water partition coefficient (Wildman–Crippen LogP) is 4.02. The van der Waals surface area contributed by atoms with Crippen LogP contribution in [0, 0.1) is 5.92 Å². The number of likely N-dealkylation sites (tertiary alicyclic amines) is 1. The summed E-state index contributed by atoms with van der Waals surface area (Å²) in [6.45, 7) is 6.74. The fraction of sp³-hybridized carbons (Fsp3) is 0.588. The van der Waals surface area contributed by atoms with Crippen LogP contribution >= 0.6 is 11.6 Å². The third-order valence-electron chi connectivity index (χ3n) is 3.75. The van der Waals surface area contributed by atoms with Gasteiger partial charge in [-0.25, -0.2) is 4.79 Å². The molecule has 122 valence electrons. The van der Waals surface area contributed by atoms with E-state index < -0.39 is 11.7 Å². The number of nitrogens with zero attached hydrogens (tertiary/aromatic N) is 1. The summed E-state index contributed by atoms with van der Waals surface area (Å²) < 4.78 is 5.41. The van der Waals surface area contributed by atoms with E-state index in [1.54, 1.807) is 17.0 Å². The number of rotatable bonds is 2. The normalized spacial score (nSPS) is 20.6. The number of ether oxygens (including phenoxy) is 1. The Morgan fingerprint density at radius 1 is 1.45 bits per heavy atom. The van der Waals surface area contributed by atoms with Crippen LogP contribution in [0.25, 0.3) is 0 Å². The Balaban J connectivity index is 2.02. The molecular formula is C17H24ClNO3. The number of hydrogen-bond donors (Lipinski definition) is 1. The molecule has 1 saturated heterocycles. The smallest absolute Gasteiger partial charge is 0.410 e. The van der Waals surface area contributed by atoms with Crippen molar-refractivity contribution in [2.45, 2.75) is 45.3 Å². The molecular weight excluding hydrogens is 302 g/mol. The minimum atomic E-state index is -0.621. The Kier molecular flexibility index (Phi) is 5.35. The second kappa shape index (κ2) is 6.88. The van der Waals surface area contributed by atoms with Crippen molar-refractivity contribution in [1.29, 1.82) is 0 Å². The lowest BCUT2D eigenvalue weighted by Gasteiger charge is -2.36. The zero-order valence-corrected chi connectivity index (χ0v) is 14.1. The van der Waals surface area contributed by atoms with Gasteiger partial charge in [-0.05, 0) is 51.3 Å². The zero-order chi connectivity index (χ0) is 16.3. The molecule has 0 aliphatic carbocycles. The maximum atomic E-state index is 12.2. The first-order valence-electron chi connectivity index (χ1n) is 7.68. The lowest BCUT2D eigenvalue weighted by molar-refractivity contribution is 0.00239. The molecule has 1 aliphatic rings. The molecule has 5 heteroatoms. The monoisotopic (exact) mass is 325 g/mol. The number of aliphatic hydroxyl groups excluding tert-OH is 1. The van der Waals surface area contributed by atoms with Crippen LogP contribution in [0.5, 0.6) is 0 Å². The maximum absolute atomic E-state index is 12.2. The number of benzene rings is 1. The number of piperidine rings is 1. The van der Waals surface area contributed by atoms with E-state index in [4.69, 9.17) is 16.3 Å². The molecule has 1 N–H and O–H groups in total. The summed E-state index contributed by atoms with van der Waals surface area (Å²) in [6, 6.07) is 7.25. The highest BCUT2D eigenvalue weighted by atomic mass is 35.5. The molecule has 1 amide bonds. The number of carbonyl (C=O) groups excluding carboxylic acids is 1. The van der Waals surface area contributed by atoms with Crippen molar-refractivity contribution in [3.8, 4) is 0 Å². The zero-order valence-electron chi connectivity index (χ0n) is 13.4. The van der Waals surface area contributed by atoms with E-state index in [9.17, 15) is 9.90 Å². The molecule has 1 fully saturated rings. The van der Waals surface area contributed by atoms with Gasteiger partial charge in [-0.2, -0.15) is 0 Å². The summed E-state index contributed by atoms with van der Waals surface area (Å²) in [5.74, 6) is -0.000245. The highest BCUT2D eigenvalue weighted by molar-refractivity contribution is 6.30. The van der Waals surface area contributed by atoms with Gasteiger partial charge in [-0.15, -0.1) is 0 Å². The standard InChI is InChI=1S/C17H24ClNO3/c1-17(2,3)22-16(21)19-9-5-7-13(11-19)15(20)12-6-4-8-14(18)10-12/h4,6,8,10,13,15,20H,5,7,9,11H2,1-3H3. The van der Waals surface area contributed by atoms with Gasteiger partial charge in [0.2, 0.25) is 0 Å². The SMILES string of the molecule is CC(C)(C)OC(=O)N1CCCC(C(O)c2cccc(Cl)c2)C1. The first-order valence-corrected chi connectivity index (χ1v) is 8.05. The predicted molar refractivity (Wildman–Crippen MR) is 86.9 cm³/mol. The Morgan fingerprint density at radius 3 is 2.82 bits per heavy atom. The minimum absolute atomic E-state index is 0.000245. The van der Waals surface area contributed by atoms with Crippen molar-refractivity contribution in [1.82, 2.24) is 4.90 Å². The van der Waals surface area contributed by atoms with Gasteiger partial charge in [-0.3, -0.25) is 0 Å². The lowest BCUT2D eigenvalue weighted by atomic mass is 9.89. The molecule has 0 bridgehead atoms. The quantitative estimate of drug-likeness (QED) is 0.893. The van der Waals surface area contributed by atoms with E-state index in [0.29, 0.717) is 18.1 Å². The fourth-order valence-corrected chi connectivity index (χ4v) is 2.92. The molecule has 1 aliphatic heterocycles. The summed E-state index contributed by atoms with van der Waals surface area (Å²) in [5, 5.41) is 11.2. The Bertz CT molecular complexity index is 527. The van der Waals surface area contributed by atoms with E-state index in [1.807, 2.05) is 32.9 Å². The fourth-order valence-electron chi connectivity index (χ4n) is 2.72. The van der Waals surface area contributed by atoms with Gasteiger partial charge < -0.3 is 14.7 Å². The Morgan fingerprint density at radius 2 is 2.18 bits per heavy atom. The molecule has 22 heavy (non-hydrogen) atoms. The molecule has 2 atom stereocenters. The van der Waals surface area contributed by atoms with Crippen LogP contribution in [0.2, 0.25) is 5.02 Å². The molecule has 0 spiro atoms. The third kappa shape index (κ3) is 4.62. The summed E-state index contributed by atoms with van der Waals surface area (Å²) >= 11 is 5.98. The van der Waals surface area contributed by atoms with Crippen molar-refractivity contribution in [3.05, 3.63) is 34.9 Å². The van der Waals surface area contributed by atoms with Crippen molar-refractivity contribution in [3.63, 3.8) is 0 Å². The van der Waals surface area contributed by atoms with Crippen molar-refractivity contribution in [2.75, 3.05) is 13.1 Å². The van der Waals surface area contributed by atoms with Gasteiger partial charge >= 0.3 is 6.09 Å². The van der Waals surface area contributed by atoms with Gasteiger partial charge in [0.1, 0.15) is 5.60 Å². The van der Waals surface area contributed by atoms with E-state index in [2.05, 4.69) is 0 Å². The highest BCUT2D eigenvalue weighted by Gasteiger charge is 2.31. The summed E-state index contributed by atoms with van der Waals surface area (Å²) in [6.07, 6.45) is 0.813. The number of aliphatic hydroxyl groups is 1. The van der Waals surface area contributed by atoms with Crippen LogP contribution in [-0.4, -0.2) is 34.8 Å². The maximum Gasteiger partial charge on any atom is 0.410 e. The van der Waals surface area contributed by atoms with Crippen molar-refractivity contribution in [2.24, 2.45) is 5.92 Å². The summed E-state index contributed by atoms with van der Waals surface area (Å²) in [4.78, 5) is 13.9. The van der Waals surface area contributed by atoms with Gasteiger partial charge in [0.15, 0.2) is 0 Å². The lowest BCUT2D eigenvalue weighted by Crippen LogP contribution is -2.44. The first kappa shape index (κ1) is 17.1. The second-order valence-electron chi connectivity index (χ2n) is 6.83. The van der Waals surface area contributed by atoms with Gasteiger partial charge in [0, 0.05) is 24.0 Å². The molecule has 1 aromatic carbocycles. The molecule has 0 radical (unpaired) electrons. The van der Waals surface area contributed by atoms with Crippen LogP contribution in [0.4, 0.5) is 4.79 Å². The van der Waals surface area contributed by atoms with Crippen molar-refractivity contribution >= 4 is 17.7 Å². The van der Waals surface area contributed by atoms with Gasteiger partial charge in [0.25, 0.3) is 0 Å². The molecule has 0 saturated carbocycles. The van der Waals surface area contributed by atoms with E-state index in [0.717, 1.165) is 18.4 Å². The van der Waals surface area contributed by atoms with E-state index in [-0.39, 0.29) is 12.0 Å². The number of carbonyl (C=O) groups is 1. The molecule has 2 rings (SSSR count). The van der Waals surface area contributed by atoms with Gasteiger partial charge in [-0.1, -0.05) is 23.7 Å². The first-order chi connectivity index (χ1) is 10.3. The van der Waals surface area contributed by atoms with E-state index >= 15 is 0 Å². The third-order valence-corrected chi connectivity index (χ3v) is 3.98. The Hall–Kier alpha value is -1.26. The summed E-state index contributed by atoms with van der Waals surface area (Å²) in [7, 11) is 0.